The molecule has 0 spiro atoms. The molecule has 3 aromatic carbocycles. The molecule has 1 aliphatic heterocycles. The van der Waals surface area contributed by atoms with Crippen LogP contribution < -0.4 is 0 Å². The van der Waals surface area contributed by atoms with Crippen molar-refractivity contribution in [3.05, 3.63) is 95.3 Å². The van der Waals surface area contributed by atoms with Crippen LogP contribution in [0.3, 0.4) is 0 Å². The molecular weight excluding hydrogens is 552 g/mol. The summed E-state index contributed by atoms with van der Waals surface area (Å²) in [5, 5.41) is 0. The molecule has 1 fully saturated rings. The van der Waals surface area contributed by atoms with E-state index in [4.69, 9.17) is 9.47 Å². The highest BCUT2D eigenvalue weighted by Gasteiger charge is 2.27. The monoisotopic (exact) mass is 596 g/mol. The first-order valence-electron chi connectivity index (χ1n) is 15.8. The molecule has 2 unspecified atom stereocenters. The van der Waals surface area contributed by atoms with Crippen molar-refractivity contribution in [2.45, 2.75) is 90.6 Å². The summed E-state index contributed by atoms with van der Waals surface area (Å²) in [5.41, 5.74) is 1.77. The number of unbranched alkanes of at least 4 members (excludes halogenated alkanes) is 7. The second-order valence-electron chi connectivity index (χ2n) is 11.6. The van der Waals surface area contributed by atoms with Gasteiger partial charge in [0.25, 0.3) is 0 Å². The van der Waals surface area contributed by atoms with Crippen molar-refractivity contribution in [3.8, 4) is 22.3 Å². The van der Waals surface area contributed by atoms with Crippen LogP contribution in [0.15, 0.2) is 60.9 Å². The van der Waals surface area contributed by atoms with Crippen molar-refractivity contribution in [2.24, 2.45) is 5.92 Å². The fraction of sp³-hybridized carbons (Fsp3) is 0.459. The molecule has 1 heterocycles. The maximum Gasteiger partial charge on any atom is 0.167 e. The molecule has 0 radical (unpaired) electrons. The highest BCUT2D eigenvalue weighted by atomic mass is 19.2. The molecule has 3 aromatic rings. The zero-order valence-corrected chi connectivity index (χ0v) is 25.4. The third kappa shape index (κ3) is 8.72. The Morgan fingerprint density at radius 2 is 1.33 bits per heavy atom. The van der Waals surface area contributed by atoms with E-state index in [0.717, 1.165) is 25.7 Å². The lowest BCUT2D eigenvalue weighted by Gasteiger charge is -2.29. The molecule has 0 N–H and O–H groups in total. The van der Waals surface area contributed by atoms with Gasteiger partial charge >= 0.3 is 0 Å². The number of hydrogen-bond donors (Lipinski definition) is 0. The van der Waals surface area contributed by atoms with E-state index in [1.165, 1.54) is 32.1 Å². The maximum atomic E-state index is 15.2. The summed E-state index contributed by atoms with van der Waals surface area (Å²) < 4.78 is 71.6. The van der Waals surface area contributed by atoms with Gasteiger partial charge in [-0.25, -0.2) is 17.6 Å². The number of hydrogen-bond acceptors (Lipinski definition) is 2. The Morgan fingerprint density at radius 3 is 1.93 bits per heavy atom. The molecule has 232 valence electrons. The van der Waals surface area contributed by atoms with E-state index in [0.29, 0.717) is 42.7 Å². The van der Waals surface area contributed by atoms with Crippen LogP contribution in [0.1, 0.15) is 95.3 Å². The van der Waals surface area contributed by atoms with Crippen LogP contribution >= 0.6 is 0 Å². The van der Waals surface area contributed by atoms with Crippen LogP contribution in [0.5, 0.6) is 0 Å². The quantitative estimate of drug-likeness (QED) is 0.0987. The number of aryl methyl sites for hydroxylation is 1. The Morgan fingerprint density at radius 1 is 0.721 bits per heavy atom. The van der Waals surface area contributed by atoms with Gasteiger partial charge in [-0.1, -0.05) is 106 Å². The summed E-state index contributed by atoms with van der Waals surface area (Å²) in [6, 6.07) is 12.8. The molecule has 0 amide bonds. The molecule has 6 heteroatoms. The summed E-state index contributed by atoms with van der Waals surface area (Å²) in [5.74, 6) is -3.35. The SMILES string of the molecule is CC=COCC1CCC(c2ccc(-c3ccc(-c4ccc(CCCCCCCCCC)c(F)c4F)cc3)c(F)c2F)OC1. The van der Waals surface area contributed by atoms with E-state index in [9.17, 15) is 4.39 Å². The van der Waals surface area contributed by atoms with Gasteiger partial charge in [0.15, 0.2) is 23.3 Å². The standard InChI is InChI=1S/C37H44F4O2/c1-3-5-6-7-8-9-10-11-12-29-18-19-30(35(39)34(29)38)27-14-16-28(17-15-27)31-20-21-32(37(41)36(31)40)33-22-13-26(25-43-33)24-42-23-4-2/h4,14-21,23,26,33H,3,5-13,22,24-25H2,1-2H3. The lowest BCUT2D eigenvalue weighted by molar-refractivity contribution is -0.0348. The average molecular weight is 597 g/mol. The number of benzene rings is 3. The average Bonchev–Trinajstić information content (AvgIpc) is 3.02. The van der Waals surface area contributed by atoms with Gasteiger partial charge in [-0.2, -0.15) is 0 Å². The number of rotatable bonds is 15. The van der Waals surface area contributed by atoms with Crippen molar-refractivity contribution in [3.63, 3.8) is 0 Å². The largest absolute Gasteiger partial charge is 0.501 e. The van der Waals surface area contributed by atoms with Crippen molar-refractivity contribution >= 4 is 0 Å². The van der Waals surface area contributed by atoms with Crippen molar-refractivity contribution in [2.75, 3.05) is 13.2 Å². The fourth-order valence-electron chi connectivity index (χ4n) is 5.79. The van der Waals surface area contributed by atoms with Gasteiger partial charge in [0, 0.05) is 22.6 Å². The summed E-state index contributed by atoms with van der Waals surface area (Å²) in [7, 11) is 0. The first-order chi connectivity index (χ1) is 20.9. The molecular formula is C37H44F4O2. The van der Waals surface area contributed by atoms with E-state index in [1.54, 1.807) is 54.8 Å². The zero-order chi connectivity index (χ0) is 30.6. The predicted molar refractivity (Wildman–Crippen MR) is 166 cm³/mol. The minimum absolute atomic E-state index is 0.105. The number of ether oxygens (including phenoxy) is 2. The molecule has 0 aliphatic carbocycles. The first kappa shape index (κ1) is 32.8. The molecule has 1 aliphatic rings. The smallest absolute Gasteiger partial charge is 0.167 e. The van der Waals surface area contributed by atoms with Crippen LogP contribution in [0.25, 0.3) is 22.3 Å². The van der Waals surface area contributed by atoms with Crippen LogP contribution in [0.4, 0.5) is 17.6 Å². The summed E-state index contributed by atoms with van der Waals surface area (Å²) >= 11 is 0. The fourth-order valence-corrected chi connectivity index (χ4v) is 5.79. The van der Waals surface area contributed by atoms with E-state index in [-0.39, 0.29) is 22.6 Å². The summed E-state index contributed by atoms with van der Waals surface area (Å²) in [4.78, 5) is 0. The lowest BCUT2D eigenvalue weighted by atomic mass is 9.93. The Labute approximate surface area is 254 Å². The Kier molecular flexibility index (Phi) is 12.7. The molecule has 4 rings (SSSR count). The third-order valence-corrected chi connectivity index (χ3v) is 8.36. The van der Waals surface area contributed by atoms with Crippen molar-refractivity contribution < 1.29 is 27.0 Å². The maximum absolute atomic E-state index is 15.2. The predicted octanol–water partition coefficient (Wildman–Crippen LogP) is 11.3. The number of halogens is 4. The van der Waals surface area contributed by atoms with Crippen LogP contribution in [-0.2, 0) is 15.9 Å². The Hall–Kier alpha value is -3.12. The van der Waals surface area contributed by atoms with Gasteiger partial charge in [0.2, 0.25) is 0 Å². The Balaban J connectivity index is 1.37. The van der Waals surface area contributed by atoms with Crippen LogP contribution in [0.2, 0.25) is 0 Å². The first-order valence-corrected chi connectivity index (χ1v) is 15.8. The molecule has 0 bridgehead atoms. The van der Waals surface area contributed by atoms with Crippen molar-refractivity contribution in [1.82, 2.24) is 0 Å². The number of allylic oxidation sites excluding steroid dienone is 1. The lowest BCUT2D eigenvalue weighted by Crippen LogP contribution is -2.24. The summed E-state index contributed by atoms with van der Waals surface area (Å²) in [6.45, 7) is 5.02. The van der Waals surface area contributed by atoms with Gasteiger partial charge in [-0.05, 0) is 49.3 Å². The van der Waals surface area contributed by atoms with Crippen LogP contribution in [-0.4, -0.2) is 13.2 Å². The molecule has 43 heavy (non-hydrogen) atoms. The molecule has 2 nitrogen and oxygen atoms in total. The molecule has 0 saturated carbocycles. The van der Waals surface area contributed by atoms with E-state index in [2.05, 4.69) is 6.92 Å². The second kappa shape index (κ2) is 16.7. The van der Waals surface area contributed by atoms with E-state index in [1.807, 2.05) is 13.0 Å². The van der Waals surface area contributed by atoms with Crippen molar-refractivity contribution in [1.29, 1.82) is 0 Å². The highest BCUT2D eigenvalue weighted by Crippen LogP contribution is 2.36. The van der Waals surface area contributed by atoms with E-state index >= 15 is 13.2 Å². The minimum Gasteiger partial charge on any atom is -0.501 e. The van der Waals surface area contributed by atoms with Gasteiger partial charge in [0.05, 0.1) is 25.6 Å². The van der Waals surface area contributed by atoms with Crippen LogP contribution in [0, 0.1) is 29.2 Å². The molecule has 0 aromatic heterocycles. The molecule has 2 atom stereocenters. The molecule has 1 saturated heterocycles. The normalized spacial score (nSPS) is 17.1. The van der Waals surface area contributed by atoms with Gasteiger partial charge in [-0.15, -0.1) is 0 Å². The van der Waals surface area contributed by atoms with Gasteiger partial charge < -0.3 is 9.47 Å². The second-order valence-corrected chi connectivity index (χ2v) is 11.6. The van der Waals surface area contributed by atoms with E-state index < -0.39 is 29.4 Å². The Bertz CT molecular complexity index is 1330. The van der Waals surface area contributed by atoms with Gasteiger partial charge in [-0.3, -0.25) is 0 Å². The minimum atomic E-state index is -0.949. The van der Waals surface area contributed by atoms with Gasteiger partial charge in [0.1, 0.15) is 0 Å². The summed E-state index contributed by atoms with van der Waals surface area (Å²) in [6.07, 6.45) is 14.0. The topological polar surface area (TPSA) is 18.5 Å². The zero-order valence-electron chi connectivity index (χ0n) is 25.4. The third-order valence-electron chi connectivity index (χ3n) is 8.36. The highest BCUT2D eigenvalue weighted by molar-refractivity contribution is 5.71.